The Morgan fingerprint density at radius 2 is 2.18 bits per heavy atom. The highest BCUT2D eigenvalue weighted by Gasteiger charge is 2.29. The number of nitro groups is 1. The van der Waals surface area contributed by atoms with Gasteiger partial charge in [-0.3, -0.25) is 14.9 Å². The van der Waals surface area contributed by atoms with Crippen molar-refractivity contribution in [1.82, 2.24) is 0 Å². The summed E-state index contributed by atoms with van der Waals surface area (Å²) in [5, 5.41) is 14.1. The van der Waals surface area contributed by atoms with Crippen LogP contribution in [0.3, 0.4) is 0 Å². The third-order valence-electron chi connectivity index (χ3n) is 4.49. The van der Waals surface area contributed by atoms with Crippen LogP contribution in [-0.2, 0) is 22.5 Å². The lowest BCUT2D eigenvalue weighted by molar-refractivity contribution is -0.895. The van der Waals surface area contributed by atoms with Gasteiger partial charge < -0.3 is 15.0 Å². The molecule has 3 rings (SSSR count). The summed E-state index contributed by atoms with van der Waals surface area (Å²) in [6, 6.07) is 5.98. The lowest BCUT2D eigenvalue weighted by Gasteiger charge is -2.19. The molecule has 146 valence electrons. The Labute approximate surface area is 165 Å². The number of nitrogens with one attached hydrogen (secondary N) is 2. The second kappa shape index (κ2) is 8.32. The van der Waals surface area contributed by atoms with Crippen molar-refractivity contribution in [3.8, 4) is 0 Å². The van der Waals surface area contributed by atoms with E-state index in [2.05, 4.69) is 12.4 Å². The molecule has 1 aromatic carbocycles. The number of methoxy groups -OCH3 is 1. The Morgan fingerprint density at radius 1 is 1.39 bits per heavy atom. The first-order chi connectivity index (χ1) is 13.4. The van der Waals surface area contributed by atoms with Crippen molar-refractivity contribution < 1.29 is 24.1 Å². The number of rotatable bonds is 5. The summed E-state index contributed by atoms with van der Waals surface area (Å²) in [5.41, 5.74) is 1.86. The summed E-state index contributed by atoms with van der Waals surface area (Å²) in [7, 11) is 3.40. The Morgan fingerprint density at radius 3 is 2.89 bits per heavy atom. The van der Waals surface area contributed by atoms with Crippen molar-refractivity contribution in [3.63, 3.8) is 0 Å². The first-order valence-electron chi connectivity index (χ1n) is 8.66. The molecule has 1 atom stereocenters. The molecule has 1 aliphatic heterocycles. The first-order valence-corrected chi connectivity index (χ1v) is 9.48. The van der Waals surface area contributed by atoms with Gasteiger partial charge >= 0.3 is 5.97 Å². The van der Waals surface area contributed by atoms with Crippen LogP contribution in [0.1, 0.15) is 26.4 Å². The molecule has 9 heteroatoms. The molecule has 2 aromatic rings. The van der Waals surface area contributed by atoms with E-state index in [-0.39, 0.29) is 5.69 Å². The Hall–Kier alpha value is -3.04. The lowest BCUT2D eigenvalue weighted by atomic mass is 10.0. The fourth-order valence-electron chi connectivity index (χ4n) is 3.09. The topological polar surface area (TPSA) is 103 Å². The molecular weight excluding hydrogens is 382 g/mol. The van der Waals surface area contributed by atoms with Crippen molar-refractivity contribution in [2.24, 2.45) is 0 Å². The number of likely N-dealkylation sites (N-methyl/N-ethyl adjacent to an activating group) is 1. The van der Waals surface area contributed by atoms with Crippen LogP contribution in [0, 0.1) is 10.1 Å². The number of anilines is 1. The van der Waals surface area contributed by atoms with Crippen molar-refractivity contribution >= 4 is 40.0 Å². The molecule has 2 N–H and O–H groups in total. The van der Waals surface area contributed by atoms with E-state index in [1.807, 2.05) is 0 Å². The van der Waals surface area contributed by atoms with Gasteiger partial charge in [0, 0.05) is 24.6 Å². The number of benzene rings is 1. The van der Waals surface area contributed by atoms with Gasteiger partial charge in [-0.2, -0.15) is 0 Å². The molecule has 0 bridgehead atoms. The minimum Gasteiger partial charge on any atom is -0.465 e. The second-order valence-corrected chi connectivity index (χ2v) is 7.61. The van der Waals surface area contributed by atoms with Gasteiger partial charge in [-0.1, -0.05) is 12.1 Å². The summed E-state index contributed by atoms with van der Waals surface area (Å²) in [6.07, 6.45) is 3.53. The maximum Gasteiger partial charge on any atom is 0.341 e. The molecule has 1 unspecified atom stereocenters. The highest BCUT2D eigenvalue weighted by Crippen LogP contribution is 2.35. The summed E-state index contributed by atoms with van der Waals surface area (Å²) >= 11 is 1.39. The zero-order valence-corrected chi connectivity index (χ0v) is 16.3. The van der Waals surface area contributed by atoms with E-state index in [0.717, 1.165) is 30.0 Å². The van der Waals surface area contributed by atoms with E-state index >= 15 is 0 Å². The summed E-state index contributed by atoms with van der Waals surface area (Å²) < 4.78 is 4.90. The number of carbonyl (C=O) groups excluding carboxylic acids is 2. The number of nitrogens with zero attached hydrogens (tertiary/aromatic N) is 1. The standard InChI is InChI=1S/C19H19N3O5S/c1-21-9-8-14-15(11-21)28-18(17(14)19(24)27-2)20-16(23)7-6-12-4-3-5-13(10-12)22(25)26/h3-7,10H,8-9,11H2,1-2H3,(H,20,23)/p+1. The van der Waals surface area contributed by atoms with Crippen molar-refractivity contribution in [3.05, 3.63) is 62.0 Å². The summed E-state index contributed by atoms with van der Waals surface area (Å²) in [5.74, 6) is -0.883. The van der Waals surface area contributed by atoms with E-state index < -0.39 is 16.8 Å². The smallest absolute Gasteiger partial charge is 0.341 e. The Balaban J connectivity index is 1.81. The van der Waals surface area contributed by atoms with Gasteiger partial charge in [0.05, 0.1) is 36.1 Å². The molecule has 1 aliphatic rings. The number of amides is 1. The zero-order valence-electron chi connectivity index (χ0n) is 15.5. The highest BCUT2D eigenvalue weighted by atomic mass is 32.1. The van der Waals surface area contributed by atoms with Gasteiger partial charge in [0.25, 0.3) is 5.69 Å². The summed E-state index contributed by atoms with van der Waals surface area (Å²) in [6.45, 7) is 1.71. The average Bonchev–Trinajstić information content (AvgIpc) is 3.02. The third-order valence-corrected chi connectivity index (χ3v) is 5.64. The minimum absolute atomic E-state index is 0.0481. The minimum atomic E-state index is -0.491. The van der Waals surface area contributed by atoms with E-state index in [1.54, 1.807) is 12.1 Å². The van der Waals surface area contributed by atoms with E-state index in [0.29, 0.717) is 16.1 Å². The van der Waals surface area contributed by atoms with Crippen LogP contribution in [0.5, 0.6) is 0 Å². The highest BCUT2D eigenvalue weighted by molar-refractivity contribution is 7.17. The monoisotopic (exact) mass is 402 g/mol. The van der Waals surface area contributed by atoms with Crippen LogP contribution in [-0.4, -0.2) is 37.5 Å². The van der Waals surface area contributed by atoms with Gasteiger partial charge in [-0.25, -0.2) is 4.79 Å². The quantitative estimate of drug-likeness (QED) is 0.343. The van der Waals surface area contributed by atoms with Crippen LogP contribution >= 0.6 is 11.3 Å². The number of thiophene rings is 1. The number of nitro benzene ring substituents is 1. The maximum atomic E-state index is 12.4. The normalized spacial score (nSPS) is 15.9. The molecule has 28 heavy (non-hydrogen) atoms. The number of quaternary nitrogens is 1. The van der Waals surface area contributed by atoms with Gasteiger partial charge in [0.2, 0.25) is 5.91 Å². The third kappa shape index (κ3) is 4.26. The molecule has 0 spiro atoms. The zero-order chi connectivity index (χ0) is 20.3. The molecule has 0 saturated carbocycles. The van der Waals surface area contributed by atoms with Crippen molar-refractivity contribution in [2.75, 3.05) is 26.0 Å². The Bertz CT molecular complexity index is 966. The molecular formula is C19H20N3O5S+. The van der Waals surface area contributed by atoms with Gasteiger partial charge in [0.1, 0.15) is 11.5 Å². The van der Waals surface area contributed by atoms with E-state index in [4.69, 9.17) is 4.74 Å². The molecule has 0 aliphatic carbocycles. The SMILES string of the molecule is COC(=O)c1c(NC(=O)C=Cc2cccc([N+](=O)[O-])c2)sc2c1CC[NH+](C)C2. The largest absolute Gasteiger partial charge is 0.465 e. The van der Waals surface area contributed by atoms with Crippen LogP contribution in [0.2, 0.25) is 0 Å². The molecule has 0 saturated heterocycles. The lowest BCUT2D eigenvalue weighted by Crippen LogP contribution is -3.08. The number of carbonyl (C=O) groups is 2. The number of hydrogen-bond donors (Lipinski definition) is 2. The summed E-state index contributed by atoms with van der Waals surface area (Å²) in [4.78, 5) is 37.4. The number of ether oxygens (including phenoxy) is 1. The van der Waals surface area contributed by atoms with Gasteiger partial charge in [-0.05, 0) is 17.2 Å². The molecule has 1 amide bonds. The molecule has 2 heterocycles. The second-order valence-electron chi connectivity index (χ2n) is 6.51. The number of non-ortho nitro benzene ring substituents is 1. The molecule has 8 nitrogen and oxygen atoms in total. The predicted molar refractivity (Wildman–Crippen MR) is 106 cm³/mol. The van der Waals surface area contributed by atoms with Crippen LogP contribution in [0.15, 0.2) is 30.3 Å². The number of fused-ring (bicyclic) bond motifs is 1. The van der Waals surface area contributed by atoms with E-state index in [9.17, 15) is 19.7 Å². The number of hydrogen-bond acceptors (Lipinski definition) is 6. The van der Waals surface area contributed by atoms with Crippen LogP contribution < -0.4 is 10.2 Å². The molecule has 1 aromatic heterocycles. The first kappa shape index (κ1) is 19.7. The van der Waals surface area contributed by atoms with Crippen molar-refractivity contribution in [1.29, 1.82) is 0 Å². The maximum absolute atomic E-state index is 12.4. The van der Waals surface area contributed by atoms with Gasteiger partial charge in [0.15, 0.2) is 0 Å². The van der Waals surface area contributed by atoms with Crippen LogP contribution in [0.4, 0.5) is 10.7 Å². The number of esters is 1. The Kier molecular flexibility index (Phi) is 5.86. The van der Waals surface area contributed by atoms with Crippen LogP contribution in [0.25, 0.3) is 6.08 Å². The average molecular weight is 402 g/mol. The van der Waals surface area contributed by atoms with Crippen molar-refractivity contribution in [2.45, 2.75) is 13.0 Å². The molecule has 0 radical (unpaired) electrons. The fourth-order valence-corrected chi connectivity index (χ4v) is 4.45. The van der Waals surface area contributed by atoms with Gasteiger partial charge in [-0.15, -0.1) is 11.3 Å². The van der Waals surface area contributed by atoms with E-state index in [1.165, 1.54) is 47.6 Å². The fraction of sp³-hybridized carbons (Fsp3) is 0.263. The predicted octanol–water partition coefficient (Wildman–Crippen LogP) is 1.67. The molecule has 0 fully saturated rings.